The number of hydrogen-bond donors (Lipinski definition) is 1. The Labute approximate surface area is 210 Å². The summed E-state index contributed by atoms with van der Waals surface area (Å²) in [5.74, 6) is 1.38. The minimum atomic E-state index is -0.194. The molecular formula is C27H36N2O3S2. The summed E-state index contributed by atoms with van der Waals surface area (Å²) in [7, 11) is 0. The van der Waals surface area contributed by atoms with Crippen LogP contribution in [-0.2, 0) is 24.4 Å². The summed E-state index contributed by atoms with van der Waals surface area (Å²) in [4.78, 5) is 14.5. The minimum Gasteiger partial charge on any atom is -0.461 e. The topological polar surface area (TPSA) is 56.4 Å². The first-order valence-corrected chi connectivity index (χ1v) is 13.8. The van der Waals surface area contributed by atoms with Gasteiger partial charge in [0.05, 0.1) is 13.2 Å². The summed E-state index contributed by atoms with van der Waals surface area (Å²) in [5, 5.41) is 16.0. The number of thiophene rings is 2. The molecule has 7 heteroatoms. The summed E-state index contributed by atoms with van der Waals surface area (Å²) < 4.78 is 9.61. The maximum Gasteiger partial charge on any atom is 0.354 e. The fraction of sp³-hybridized carbons (Fsp3) is 0.519. The van der Waals surface area contributed by atoms with Crippen LogP contribution in [0.2, 0.25) is 0 Å². The van der Waals surface area contributed by atoms with E-state index >= 15 is 0 Å². The Bertz CT molecular complexity index is 1220. The van der Waals surface area contributed by atoms with Gasteiger partial charge in [0.1, 0.15) is 15.4 Å². The molecule has 34 heavy (non-hydrogen) atoms. The van der Waals surface area contributed by atoms with Gasteiger partial charge in [0, 0.05) is 29.6 Å². The Balaban J connectivity index is 0.000000159. The van der Waals surface area contributed by atoms with Crippen molar-refractivity contribution in [1.82, 2.24) is 9.13 Å². The number of carbonyl (C=O) groups excluding carboxylic acids is 1. The first kappa shape index (κ1) is 25.0. The first-order valence-electron chi connectivity index (χ1n) is 12.1. The highest BCUT2D eigenvalue weighted by molar-refractivity contribution is 7.17. The van der Waals surface area contributed by atoms with E-state index in [1.807, 2.05) is 13.0 Å². The van der Waals surface area contributed by atoms with Gasteiger partial charge in [0.2, 0.25) is 0 Å². The molecule has 4 aromatic rings. The highest BCUT2D eigenvalue weighted by atomic mass is 32.1. The first-order chi connectivity index (χ1) is 16.2. The highest BCUT2D eigenvalue weighted by Gasteiger charge is 2.23. The van der Waals surface area contributed by atoms with Crippen molar-refractivity contribution < 1.29 is 14.6 Å². The van der Waals surface area contributed by atoms with Crippen LogP contribution in [0.3, 0.4) is 0 Å². The molecule has 0 aliphatic heterocycles. The zero-order valence-corrected chi connectivity index (χ0v) is 20.8. The van der Waals surface area contributed by atoms with Gasteiger partial charge in [-0.05, 0) is 79.5 Å². The number of carbonyl (C=O) groups is 1. The van der Waals surface area contributed by atoms with Gasteiger partial charge in [-0.25, -0.2) is 4.79 Å². The monoisotopic (exact) mass is 500 g/mol. The van der Waals surface area contributed by atoms with Crippen LogP contribution >= 0.6 is 22.7 Å². The predicted octanol–water partition coefficient (Wildman–Crippen LogP) is 7.31. The Morgan fingerprint density at radius 3 is 2.06 bits per heavy atom. The number of aliphatic hydroxyl groups is 1. The molecule has 4 aromatic heterocycles. The maximum absolute atomic E-state index is 12.0. The second-order valence-corrected chi connectivity index (χ2v) is 11.0. The molecule has 0 aromatic carbocycles. The van der Waals surface area contributed by atoms with Gasteiger partial charge in [0.15, 0.2) is 0 Å². The molecule has 2 aliphatic carbocycles. The summed E-state index contributed by atoms with van der Waals surface area (Å²) in [6.07, 6.45) is 7.99. The lowest BCUT2D eigenvalue weighted by Gasteiger charge is -2.26. The van der Waals surface area contributed by atoms with Crippen molar-refractivity contribution in [2.75, 3.05) is 6.61 Å². The standard InChI is InChI=1S/C14H17NO2S.C12H15NOS.CH4/c1-2-17-14(16)12-8-11-6-7-18-13(11)15(12)9-10-4-3-5-10;14-8-11-6-10-4-5-15-12(10)13(11)7-9-2-1-3-9;/h6-8,10H,2-5,9H2,1H3;4-6,9,14H,1-3,7-8H2;1H4. The molecule has 184 valence electrons. The molecule has 2 fully saturated rings. The number of hydrogen-bond acceptors (Lipinski definition) is 5. The van der Waals surface area contributed by atoms with Crippen LogP contribution in [0.15, 0.2) is 35.0 Å². The lowest BCUT2D eigenvalue weighted by Crippen LogP contribution is -2.21. The molecule has 0 atom stereocenters. The zero-order chi connectivity index (χ0) is 22.8. The molecule has 0 radical (unpaired) electrons. The molecular weight excluding hydrogens is 464 g/mol. The molecule has 2 saturated carbocycles. The number of aromatic nitrogens is 2. The normalized spacial score (nSPS) is 15.9. The van der Waals surface area contributed by atoms with Crippen LogP contribution in [0, 0.1) is 11.8 Å². The summed E-state index contributed by atoms with van der Waals surface area (Å²) in [6.45, 7) is 4.49. The van der Waals surface area contributed by atoms with Crippen LogP contribution in [0.1, 0.15) is 69.1 Å². The number of esters is 1. The SMILES string of the molecule is C.CCOC(=O)c1cc2ccsc2n1CC1CCC1.OCc1cc2ccsc2n1CC1CCC1. The van der Waals surface area contributed by atoms with E-state index in [-0.39, 0.29) is 20.0 Å². The lowest BCUT2D eigenvalue weighted by molar-refractivity contribution is 0.0512. The number of nitrogens with zero attached hydrogens (tertiary/aromatic N) is 2. The van der Waals surface area contributed by atoms with Crippen molar-refractivity contribution in [2.24, 2.45) is 11.8 Å². The van der Waals surface area contributed by atoms with Gasteiger partial charge >= 0.3 is 5.97 Å². The average Bonchev–Trinajstić information content (AvgIpc) is 3.49. The van der Waals surface area contributed by atoms with Gasteiger partial charge in [0.25, 0.3) is 0 Å². The van der Waals surface area contributed by atoms with Crippen molar-refractivity contribution in [1.29, 1.82) is 0 Å². The fourth-order valence-corrected chi connectivity index (χ4v) is 6.59. The number of fused-ring (bicyclic) bond motifs is 2. The van der Waals surface area contributed by atoms with E-state index in [9.17, 15) is 9.90 Å². The highest BCUT2D eigenvalue weighted by Crippen LogP contribution is 2.33. The van der Waals surface area contributed by atoms with Crippen LogP contribution in [0.25, 0.3) is 20.4 Å². The van der Waals surface area contributed by atoms with Gasteiger partial charge in [-0.1, -0.05) is 20.3 Å². The third-order valence-corrected chi connectivity index (χ3v) is 8.97. The largest absolute Gasteiger partial charge is 0.461 e. The zero-order valence-electron chi connectivity index (χ0n) is 19.2. The second-order valence-electron chi connectivity index (χ2n) is 9.22. The van der Waals surface area contributed by atoms with Crippen LogP contribution < -0.4 is 0 Å². The van der Waals surface area contributed by atoms with Crippen molar-refractivity contribution >= 4 is 49.1 Å². The third-order valence-electron chi connectivity index (χ3n) is 7.07. The molecule has 0 bridgehead atoms. The van der Waals surface area contributed by atoms with E-state index < -0.39 is 0 Å². The molecule has 2 aliphatic rings. The van der Waals surface area contributed by atoms with Crippen molar-refractivity contribution in [3.8, 4) is 0 Å². The average molecular weight is 501 g/mol. The number of aliphatic hydroxyl groups excluding tert-OH is 1. The third kappa shape index (κ3) is 4.97. The second kappa shape index (κ2) is 11.1. The molecule has 0 spiro atoms. The molecule has 0 amide bonds. The molecule has 6 rings (SSSR count). The van der Waals surface area contributed by atoms with Crippen LogP contribution in [0.4, 0.5) is 0 Å². The quantitative estimate of drug-likeness (QED) is 0.271. The fourth-order valence-electron chi connectivity index (χ4n) is 4.76. The Morgan fingerprint density at radius 1 is 0.971 bits per heavy atom. The minimum absolute atomic E-state index is 0. The molecule has 5 nitrogen and oxygen atoms in total. The van der Waals surface area contributed by atoms with Crippen LogP contribution in [0.5, 0.6) is 0 Å². The Morgan fingerprint density at radius 2 is 1.53 bits per heavy atom. The van der Waals surface area contributed by atoms with E-state index in [1.54, 1.807) is 22.7 Å². The molecule has 1 N–H and O–H groups in total. The Kier molecular flexibility index (Phi) is 8.17. The number of rotatable bonds is 7. The number of ether oxygens (including phenoxy) is 1. The summed E-state index contributed by atoms with van der Waals surface area (Å²) in [6, 6.07) is 8.28. The summed E-state index contributed by atoms with van der Waals surface area (Å²) in [5.41, 5.74) is 1.79. The summed E-state index contributed by atoms with van der Waals surface area (Å²) >= 11 is 3.48. The van der Waals surface area contributed by atoms with E-state index in [4.69, 9.17) is 4.74 Å². The van der Waals surface area contributed by atoms with E-state index in [2.05, 4.69) is 38.1 Å². The van der Waals surface area contributed by atoms with Crippen molar-refractivity contribution in [3.63, 3.8) is 0 Å². The Hall–Kier alpha value is -2.09. The van der Waals surface area contributed by atoms with E-state index in [0.717, 1.165) is 36.0 Å². The van der Waals surface area contributed by atoms with Crippen molar-refractivity contribution in [2.45, 2.75) is 72.6 Å². The molecule has 0 saturated heterocycles. The van der Waals surface area contributed by atoms with E-state index in [1.165, 1.54) is 53.6 Å². The lowest BCUT2D eigenvalue weighted by atomic mass is 9.85. The smallest absolute Gasteiger partial charge is 0.354 e. The van der Waals surface area contributed by atoms with Gasteiger partial charge in [-0.3, -0.25) is 0 Å². The van der Waals surface area contributed by atoms with Gasteiger partial charge in [-0.2, -0.15) is 0 Å². The predicted molar refractivity (Wildman–Crippen MR) is 143 cm³/mol. The molecule has 4 heterocycles. The molecule has 0 unspecified atom stereocenters. The van der Waals surface area contributed by atoms with Gasteiger partial charge < -0.3 is 19.0 Å². The van der Waals surface area contributed by atoms with Crippen LogP contribution in [-0.4, -0.2) is 26.8 Å². The van der Waals surface area contributed by atoms with Crippen molar-refractivity contribution in [3.05, 3.63) is 46.4 Å². The maximum atomic E-state index is 12.0. The van der Waals surface area contributed by atoms with Gasteiger partial charge in [-0.15, -0.1) is 22.7 Å². The van der Waals surface area contributed by atoms with E-state index in [0.29, 0.717) is 12.3 Å².